The van der Waals surface area contributed by atoms with Crippen LogP contribution in [0.5, 0.6) is 11.5 Å². The predicted molar refractivity (Wildman–Crippen MR) is 158 cm³/mol. The van der Waals surface area contributed by atoms with Crippen molar-refractivity contribution in [2.45, 2.75) is 4.90 Å². The van der Waals surface area contributed by atoms with Crippen LogP contribution in [0.4, 0.5) is 5.69 Å². The zero-order valence-electron chi connectivity index (χ0n) is 22.0. The third-order valence-electron chi connectivity index (χ3n) is 5.81. The van der Waals surface area contributed by atoms with E-state index in [9.17, 15) is 14.4 Å². The van der Waals surface area contributed by atoms with Gasteiger partial charge in [-0.2, -0.15) is 0 Å². The highest BCUT2D eigenvalue weighted by Crippen LogP contribution is 2.23. The zero-order valence-corrected chi connectivity index (χ0v) is 22.9. The second-order valence-electron chi connectivity index (χ2n) is 8.58. The molecule has 0 unspecified atom stereocenters. The summed E-state index contributed by atoms with van der Waals surface area (Å²) in [5.74, 6) is 0.620. The summed E-state index contributed by atoms with van der Waals surface area (Å²) in [5.41, 5.74) is 2.31. The fraction of sp³-hybridized carbons (Fsp3) is 0.0938. The Balaban J connectivity index is 1.45. The first-order valence-electron chi connectivity index (χ1n) is 12.4. The van der Waals surface area contributed by atoms with Gasteiger partial charge in [0.15, 0.2) is 5.78 Å². The second-order valence-corrected chi connectivity index (χ2v) is 9.63. The number of carbonyl (C=O) groups excluding carboxylic acids is 3. The van der Waals surface area contributed by atoms with Gasteiger partial charge in [-0.3, -0.25) is 14.4 Å². The molecule has 0 heterocycles. The third-order valence-corrected chi connectivity index (χ3v) is 6.82. The average Bonchev–Trinajstić information content (AvgIpc) is 3.00. The molecule has 0 aliphatic carbocycles. The van der Waals surface area contributed by atoms with Gasteiger partial charge in [0.25, 0.3) is 11.8 Å². The van der Waals surface area contributed by atoms with Gasteiger partial charge in [0.1, 0.15) is 17.2 Å². The Labute approximate surface area is 237 Å². The van der Waals surface area contributed by atoms with Gasteiger partial charge in [0.05, 0.1) is 20.0 Å². The van der Waals surface area contributed by atoms with Gasteiger partial charge in [-0.1, -0.05) is 42.5 Å². The molecule has 0 aliphatic heterocycles. The van der Waals surface area contributed by atoms with E-state index in [1.807, 2.05) is 24.3 Å². The first-order chi connectivity index (χ1) is 19.4. The number of rotatable bonds is 11. The van der Waals surface area contributed by atoms with Gasteiger partial charge in [0, 0.05) is 21.7 Å². The average molecular weight is 553 g/mol. The van der Waals surface area contributed by atoms with Crippen molar-refractivity contribution in [1.82, 2.24) is 5.32 Å². The Kier molecular flexibility index (Phi) is 9.74. The number of anilines is 1. The fourth-order valence-electron chi connectivity index (χ4n) is 3.70. The zero-order chi connectivity index (χ0) is 28.3. The standard InChI is InChI=1S/C32H28N2O5S/c1-38-26-12-6-8-22(18-26)19-29(34-31(36)23-9-4-3-5-10-23)32(37)33-25-14-16-28(17-15-25)40-21-30(35)24-11-7-13-27(20-24)39-2/h3-20H,21H2,1-2H3,(H,33,37)(H,34,36)/b29-19-. The molecule has 0 bridgehead atoms. The first-order valence-corrected chi connectivity index (χ1v) is 13.4. The van der Waals surface area contributed by atoms with Crippen molar-refractivity contribution >= 4 is 41.1 Å². The van der Waals surface area contributed by atoms with Gasteiger partial charge in [-0.15, -0.1) is 11.8 Å². The predicted octanol–water partition coefficient (Wildman–Crippen LogP) is 6.09. The van der Waals surface area contributed by atoms with Crippen LogP contribution in [0.3, 0.4) is 0 Å². The van der Waals surface area contributed by atoms with Crippen LogP contribution in [0.15, 0.2) is 114 Å². The number of ketones is 1. The van der Waals surface area contributed by atoms with E-state index >= 15 is 0 Å². The van der Waals surface area contributed by atoms with Crippen LogP contribution < -0.4 is 20.1 Å². The van der Waals surface area contributed by atoms with E-state index in [1.54, 1.807) is 99.2 Å². The molecule has 0 atom stereocenters. The SMILES string of the molecule is COc1cccc(/C=C(\NC(=O)c2ccccc2)C(=O)Nc2ccc(SCC(=O)c3cccc(OC)c3)cc2)c1. The molecule has 0 saturated heterocycles. The molecule has 2 N–H and O–H groups in total. The van der Waals surface area contributed by atoms with Crippen LogP contribution in [0, 0.1) is 0 Å². The summed E-state index contributed by atoms with van der Waals surface area (Å²) < 4.78 is 10.5. The van der Waals surface area contributed by atoms with Gasteiger partial charge < -0.3 is 20.1 Å². The minimum atomic E-state index is -0.485. The summed E-state index contributed by atoms with van der Waals surface area (Å²) in [6.07, 6.45) is 1.59. The number of benzene rings is 4. The lowest BCUT2D eigenvalue weighted by atomic mass is 10.1. The number of carbonyl (C=O) groups is 3. The number of ether oxygens (including phenoxy) is 2. The summed E-state index contributed by atoms with van der Waals surface area (Å²) in [6, 6.07) is 30.0. The van der Waals surface area contributed by atoms with Gasteiger partial charge in [-0.05, 0) is 72.3 Å². The lowest BCUT2D eigenvalue weighted by Gasteiger charge is -2.12. The van der Waals surface area contributed by atoms with E-state index < -0.39 is 11.8 Å². The van der Waals surface area contributed by atoms with Crippen molar-refractivity contribution in [3.05, 3.63) is 126 Å². The van der Waals surface area contributed by atoms with Crippen molar-refractivity contribution < 1.29 is 23.9 Å². The normalized spacial score (nSPS) is 10.9. The molecule has 202 valence electrons. The number of hydrogen-bond donors (Lipinski definition) is 2. The molecule has 0 saturated carbocycles. The minimum absolute atomic E-state index is 0.0113. The Hall–Kier alpha value is -4.82. The van der Waals surface area contributed by atoms with Crippen LogP contribution in [0.1, 0.15) is 26.3 Å². The van der Waals surface area contributed by atoms with Gasteiger partial charge in [-0.25, -0.2) is 0 Å². The molecule has 0 fully saturated rings. The molecule has 0 aromatic heterocycles. The molecule has 2 amide bonds. The summed E-state index contributed by atoms with van der Waals surface area (Å²) in [7, 11) is 3.12. The van der Waals surface area contributed by atoms with Crippen molar-refractivity contribution in [3.8, 4) is 11.5 Å². The lowest BCUT2D eigenvalue weighted by Crippen LogP contribution is -2.30. The van der Waals surface area contributed by atoms with Crippen LogP contribution in [-0.2, 0) is 4.79 Å². The summed E-state index contributed by atoms with van der Waals surface area (Å²) in [6.45, 7) is 0. The molecule has 40 heavy (non-hydrogen) atoms. The van der Waals surface area contributed by atoms with Crippen LogP contribution in [0.25, 0.3) is 6.08 Å². The quantitative estimate of drug-likeness (QED) is 0.133. The molecule has 0 radical (unpaired) electrons. The minimum Gasteiger partial charge on any atom is -0.497 e. The Morgan fingerprint density at radius 3 is 2.10 bits per heavy atom. The number of Topliss-reactive ketones (excluding diaryl/α,β-unsaturated/α-hetero) is 1. The van der Waals surface area contributed by atoms with E-state index in [0.29, 0.717) is 33.9 Å². The van der Waals surface area contributed by atoms with Crippen LogP contribution in [0.2, 0.25) is 0 Å². The third kappa shape index (κ3) is 7.85. The van der Waals surface area contributed by atoms with E-state index in [1.165, 1.54) is 11.8 Å². The molecular formula is C32H28N2O5S. The van der Waals surface area contributed by atoms with Crippen LogP contribution in [-0.4, -0.2) is 37.6 Å². The molecule has 4 aromatic carbocycles. The molecule has 4 rings (SSSR count). The van der Waals surface area contributed by atoms with Gasteiger partial charge in [0.2, 0.25) is 0 Å². The monoisotopic (exact) mass is 552 g/mol. The van der Waals surface area contributed by atoms with Crippen LogP contribution >= 0.6 is 11.8 Å². The number of methoxy groups -OCH3 is 2. The number of nitrogens with one attached hydrogen (secondary N) is 2. The first kappa shape index (κ1) is 28.2. The maximum atomic E-state index is 13.3. The highest BCUT2D eigenvalue weighted by molar-refractivity contribution is 8.00. The van der Waals surface area contributed by atoms with E-state index in [2.05, 4.69) is 10.6 Å². The van der Waals surface area contributed by atoms with Crippen molar-refractivity contribution in [2.75, 3.05) is 25.3 Å². The van der Waals surface area contributed by atoms with E-state index in [-0.39, 0.29) is 17.2 Å². The fourth-order valence-corrected chi connectivity index (χ4v) is 4.49. The number of hydrogen-bond acceptors (Lipinski definition) is 6. The molecule has 0 aliphatic rings. The Bertz CT molecular complexity index is 1520. The molecule has 4 aromatic rings. The van der Waals surface area contributed by atoms with E-state index in [0.717, 1.165) is 4.90 Å². The summed E-state index contributed by atoms with van der Waals surface area (Å²) in [4.78, 5) is 39.5. The summed E-state index contributed by atoms with van der Waals surface area (Å²) in [5, 5.41) is 5.56. The molecule has 0 spiro atoms. The van der Waals surface area contributed by atoms with Gasteiger partial charge >= 0.3 is 0 Å². The molecule has 8 heteroatoms. The van der Waals surface area contributed by atoms with Crippen molar-refractivity contribution in [3.63, 3.8) is 0 Å². The van der Waals surface area contributed by atoms with Crippen molar-refractivity contribution in [2.24, 2.45) is 0 Å². The number of thioether (sulfide) groups is 1. The molecular weight excluding hydrogens is 524 g/mol. The maximum Gasteiger partial charge on any atom is 0.272 e. The highest BCUT2D eigenvalue weighted by atomic mass is 32.2. The second kappa shape index (κ2) is 13.8. The molecule has 7 nitrogen and oxygen atoms in total. The summed E-state index contributed by atoms with van der Waals surface area (Å²) >= 11 is 1.40. The Morgan fingerprint density at radius 2 is 1.40 bits per heavy atom. The highest BCUT2D eigenvalue weighted by Gasteiger charge is 2.15. The maximum absolute atomic E-state index is 13.3. The van der Waals surface area contributed by atoms with Crippen molar-refractivity contribution in [1.29, 1.82) is 0 Å². The Morgan fingerprint density at radius 1 is 0.750 bits per heavy atom. The van der Waals surface area contributed by atoms with E-state index in [4.69, 9.17) is 9.47 Å². The lowest BCUT2D eigenvalue weighted by molar-refractivity contribution is -0.113. The smallest absolute Gasteiger partial charge is 0.272 e. The topological polar surface area (TPSA) is 93.7 Å². The number of amides is 2. The largest absolute Gasteiger partial charge is 0.497 e.